The van der Waals surface area contributed by atoms with E-state index in [2.05, 4.69) is 20.4 Å². The van der Waals surface area contributed by atoms with Crippen LogP contribution in [0.2, 0.25) is 0 Å². The molecule has 2 heterocycles. The van der Waals surface area contributed by atoms with Crippen molar-refractivity contribution in [3.63, 3.8) is 0 Å². The molecule has 1 aromatic rings. The molecule has 3 N–H and O–H groups in total. The van der Waals surface area contributed by atoms with Gasteiger partial charge in [-0.3, -0.25) is 19.4 Å². The van der Waals surface area contributed by atoms with E-state index in [0.29, 0.717) is 26.1 Å². The third-order valence-corrected chi connectivity index (χ3v) is 9.36. The maximum Gasteiger partial charge on any atom is 0.255 e. The maximum atomic E-state index is 12.4. The molecule has 0 radical (unpaired) electrons. The third-order valence-electron chi connectivity index (χ3n) is 6.36. The number of carbonyl (C=O) groups is 2. The van der Waals surface area contributed by atoms with Crippen molar-refractivity contribution in [3.8, 4) is 5.75 Å². The Morgan fingerprint density at radius 2 is 1.86 bits per heavy atom. The van der Waals surface area contributed by atoms with Crippen LogP contribution in [0, 0.1) is 0 Å². The lowest BCUT2D eigenvalue weighted by atomic mass is 10.1. The number of morpholine rings is 1. The Kier molecular flexibility index (Phi) is 13.1. The van der Waals surface area contributed by atoms with Gasteiger partial charge in [-0.1, -0.05) is 40.1 Å². The first-order chi connectivity index (χ1) is 17.1. The minimum absolute atomic E-state index is 0.0160. The van der Waals surface area contributed by atoms with Crippen molar-refractivity contribution in [2.24, 2.45) is 0 Å². The number of nitrogens with one attached hydrogen (secondary N) is 2. The summed E-state index contributed by atoms with van der Waals surface area (Å²) >= 11 is 0. The lowest BCUT2D eigenvalue weighted by Gasteiger charge is -2.30. The normalized spacial score (nSPS) is 18.6. The zero-order valence-electron chi connectivity index (χ0n) is 20.6. The maximum absolute atomic E-state index is 12.4. The molecule has 0 spiro atoms. The van der Waals surface area contributed by atoms with Crippen LogP contribution in [-0.2, 0) is 9.53 Å². The summed E-state index contributed by atoms with van der Waals surface area (Å²) < 4.78 is 5.44. The molecule has 1 atom stereocenters. The van der Waals surface area contributed by atoms with E-state index in [1.165, 1.54) is 24.7 Å². The summed E-state index contributed by atoms with van der Waals surface area (Å²) in [5.74, 6) is 1.09. The smallest absolute Gasteiger partial charge is 0.255 e. The van der Waals surface area contributed by atoms with Crippen molar-refractivity contribution >= 4 is 33.4 Å². The molecule has 35 heavy (non-hydrogen) atoms. The van der Waals surface area contributed by atoms with E-state index in [1.54, 1.807) is 18.2 Å². The average Bonchev–Trinajstić information content (AvgIpc) is 3.39. The number of carbonyl (C=O) groups excluding carboxylic acids is 2. The lowest BCUT2D eigenvalue weighted by Crippen LogP contribution is -2.45. The second kappa shape index (κ2) is 16.3. The van der Waals surface area contributed by atoms with Crippen molar-refractivity contribution in [1.29, 1.82) is 0 Å². The molecule has 0 aromatic heterocycles. The summed E-state index contributed by atoms with van der Waals surface area (Å²) in [5.41, 5.74) is 0.282. The molecule has 1 unspecified atom stereocenters. The number of nitrogens with zero attached hydrogens (tertiary/aromatic N) is 2. The highest BCUT2D eigenvalue weighted by Gasteiger charge is 2.16. The van der Waals surface area contributed by atoms with Gasteiger partial charge in [0.2, 0.25) is 5.91 Å². The Morgan fingerprint density at radius 3 is 2.60 bits per heavy atom. The number of amides is 2. The van der Waals surface area contributed by atoms with E-state index in [0.717, 1.165) is 64.0 Å². The number of phenolic OH excluding ortho intramolecular Hbond substituents is 1. The largest absolute Gasteiger partial charge is 0.507 e. The number of aromatic hydroxyl groups is 1. The number of hydrogen-bond acceptors (Lipinski definition) is 8. The van der Waals surface area contributed by atoms with Gasteiger partial charge in [0.25, 0.3) is 5.91 Å². The van der Waals surface area contributed by atoms with Gasteiger partial charge >= 0.3 is 0 Å². The molecule has 8 nitrogen and oxygen atoms in total. The number of rotatable bonds is 15. The summed E-state index contributed by atoms with van der Waals surface area (Å²) in [7, 11) is 3.97. The van der Waals surface area contributed by atoms with Crippen molar-refractivity contribution < 1.29 is 19.4 Å². The SMILES string of the molecule is O=C(CCCCC1CCSS1)NCCN(CCNC(=O)c1ccccc1O)CCN1CCOCC1. The van der Waals surface area contributed by atoms with Gasteiger partial charge in [-0.05, 0) is 31.4 Å². The van der Waals surface area contributed by atoms with Crippen LogP contribution in [0.25, 0.3) is 0 Å². The highest BCUT2D eigenvalue weighted by atomic mass is 33.1. The van der Waals surface area contributed by atoms with Crippen molar-refractivity contribution in [3.05, 3.63) is 29.8 Å². The lowest BCUT2D eigenvalue weighted by molar-refractivity contribution is -0.121. The van der Waals surface area contributed by atoms with E-state index in [9.17, 15) is 14.7 Å². The molecule has 2 aliphatic heterocycles. The third kappa shape index (κ3) is 11.0. The van der Waals surface area contributed by atoms with Gasteiger partial charge < -0.3 is 20.5 Å². The molecule has 2 saturated heterocycles. The van der Waals surface area contributed by atoms with Crippen LogP contribution in [0.15, 0.2) is 24.3 Å². The van der Waals surface area contributed by atoms with E-state index >= 15 is 0 Å². The number of unbranched alkanes of at least 4 members (excludes halogenated alkanes) is 1. The Bertz CT molecular complexity index is 774. The van der Waals surface area contributed by atoms with Crippen molar-refractivity contribution in [2.75, 3.05) is 71.3 Å². The fourth-order valence-corrected chi connectivity index (χ4v) is 7.22. The standard InChI is InChI=1S/C25H40N4O4S2/c30-23-7-3-2-6-22(23)25(32)27-11-13-28(14-15-29-16-18-33-19-17-29)12-10-26-24(31)8-4-1-5-21-9-20-34-35-21/h2-3,6-7,21,30H,1,4-5,8-20H2,(H,26,31)(H,27,32). The molecule has 2 aliphatic rings. The average molecular weight is 525 g/mol. The second-order valence-electron chi connectivity index (χ2n) is 8.99. The molecule has 10 heteroatoms. The molecular formula is C25H40N4O4S2. The predicted molar refractivity (Wildman–Crippen MR) is 144 cm³/mol. The summed E-state index contributed by atoms with van der Waals surface area (Å²) in [4.78, 5) is 29.3. The molecule has 3 rings (SSSR count). The zero-order valence-corrected chi connectivity index (χ0v) is 22.2. The minimum Gasteiger partial charge on any atom is -0.507 e. The van der Waals surface area contributed by atoms with Gasteiger partial charge in [0, 0.05) is 69.8 Å². The zero-order chi connectivity index (χ0) is 24.7. The summed E-state index contributed by atoms with van der Waals surface area (Å²) in [5, 5.41) is 16.6. The van der Waals surface area contributed by atoms with Gasteiger partial charge in [-0.25, -0.2) is 0 Å². The molecular weight excluding hydrogens is 484 g/mol. The van der Waals surface area contributed by atoms with Crippen LogP contribution in [0.4, 0.5) is 0 Å². The van der Waals surface area contributed by atoms with Gasteiger partial charge in [-0.15, -0.1) is 0 Å². The Hall–Kier alpha value is -1.46. The quantitative estimate of drug-likeness (QED) is 0.238. The van der Waals surface area contributed by atoms with Crippen molar-refractivity contribution in [2.45, 2.75) is 37.4 Å². The first-order valence-corrected chi connectivity index (χ1v) is 15.1. The van der Waals surface area contributed by atoms with Gasteiger partial charge in [-0.2, -0.15) is 0 Å². The van der Waals surface area contributed by atoms with E-state index in [-0.39, 0.29) is 23.1 Å². The van der Waals surface area contributed by atoms with Crippen LogP contribution in [0.1, 0.15) is 42.5 Å². The topological polar surface area (TPSA) is 94.1 Å². The monoisotopic (exact) mass is 524 g/mol. The Labute approximate surface area is 217 Å². The fraction of sp³-hybridized carbons (Fsp3) is 0.680. The van der Waals surface area contributed by atoms with Crippen LogP contribution in [-0.4, -0.2) is 103 Å². The summed E-state index contributed by atoms with van der Waals surface area (Å²) in [6, 6.07) is 6.56. The Balaban J connectivity index is 1.35. The van der Waals surface area contributed by atoms with Gasteiger partial charge in [0.05, 0.1) is 18.8 Å². The fourth-order valence-electron chi connectivity index (χ4n) is 4.20. The molecule has 0 bridgehead atoms. The van der Waals surface area contributed by atoms with Crippen LogP contribution in [0.5, 0.6) is 5.75 Å². The molecule has 196 valence electrons. The van der Waals surface area contributed by atoms with Crippen molar-refractivity contribution in [1.82, 2.24) is 20.4 Å². The summed E-state index contributed by atoms with van der Waals surface area (Å²) in [6.07, 6.45) is 5.18. The van der Waals surface area contributed by atoms with E-state index in [1.807, 2.05) is 21.6 Å². The number of hydrogen-bond donors (Lipinski definition) is 3. The number of ether oxygens (including phenoxy) is 1. The Morgan fingerprint density at radius 1 is 1.09 bits per heavy atom. The number of phenols is 1. The van der Waals surface area contributed by atoms with E-state index in [4.69, 9.17) is 4.74 Å². The first kappa shape index (κ1) is 28.1. The highest BCUT2D eigenvalue weighted by Crippen LogP contribution is 2.39. The van der Waals surface area contributed by atoms with Crippen LogP contribution >= 0.6 is 21.6 Å². The van der Waals surface area contributed by atoms with Gasteiger partial charge in [0.1, 0.15) is 5.75 Å². The number of benzene rings is 1. The highest BCUT2D eigenvalue weighted by molar-refractivity contribution is 8.77. The summed E-state index contributed by atoms with van der Waals surface area (Å²) in [6.45, 7) is 7.69. The molecule has 0 saturated carbocycles. The molecule has 2 fully saturated rings. The molecule has 0 aliphatic carbocycles. The molecule has 2 amide bonds. The predicted octanol–water partition coefficient (Wildman–Crippen LogP) is 2.59. The molecule has 1 aromatic carbocycles. The number of para-hydroxylation sites is 1. The van der Waals surface area contributed by atoms with Crippen LogP contribution in [0.3, 0.4) is 0 Å². The van der Waals surface area contributed by atoms with E-state index < -0.39 is 0 Å². The second-order valence-corrected chi connectivity index (χ2v) is 11.8. The van der Waals surface area contributed by atoms with Gasteiger partial charge in [0.15, 0.2) is 0 Å². The van der Waals surface area contributed by atoms with Crippen LogP contribution < -0.4 is 10.6 Å². The first-order valence-electron chi connectivity index (χ1n) is 12.8. The minimum atomic E-state index is -0.279.